The summed E-state index contributed by atoms with van der Waals surface area (Å²) in [5, 5.41) is 8.10. The van der Waals surface area contributed by atoms with Gasteiger partial charge in [0.05, 0.1) is 6.04 Å². The Bertz CT molecular complexity index is 1370. The van der Waals surface area contributed by atoms with E-state index in [9.17, 15) is 28.8 Å². The van der Waals surface area contributed by atoms with Gasteiger partial charge in [0.1, 0.15) is 29.1 Å². The van der Waals surface area contributed by atoms with Crippen LogP contribution < -0.4 is 21.7 Å². The molecule has 0 aromatic heterocycles. The van der Waals surface area contributed by atoms with Crippen LogP contribution >= 0.6 is 23.2 Å². The number of halogens is 2. The molecule has 0 radical (unpaired) electrons. The summed E-state index contributed by atoms with van der Waals surface area (Å²) in [7, 11) is 0. The van der Waals surface area contributed by atoms with Crippen molar-refractivity contribution in [2.75, 3.05) is 6.54 Å². The van der Waals surface area contributed by atoms with Crippen LogP contribution in [0.4, 0.5) is 4.79 Å². The first-order valence-corrected chi connectivity index (χ1v) is 17.6. The average Bonchev–Trinajstić information content (AvgIpc) is 3.44. The van der Waals surface area contributed by atoms with Gasteiger partial charge in [0, 0.05) is 12.5 Å². The van der Waals surface area contributed by atoms with E-state index in [1.807, 2.05) is 30.3 Å². The first-order chi connectivity index (χ1) is 22.7. The van der Waals surface area contributed by atoms with E-state index >= 15 is 0 Å². The fourth-order valence-corrected chi connectivity index (χ4v) is 6.42. The van der Waals surface area contributed by atoms with Gasteiger partial charge in [-0.15, -0.1) is 23.2 Å². The van der Waals surface area contributed by atoms with E-state index in [0.717, 1.165) is 24.8 Å². The molecule has 2 aliphatic rings. The Morgan fingerprint density at radius 2 is 1.49 bits per heavy atom. The molecule has 5 amide bonds. The van der Waals surface area contributed by atoms with Crippen molar-refractivity contribution in [3.05, 3.63) is 35.9 Å². The van der Waals surface area contributed by atoms with Gasteiger partial charge in [-0.1, -0.05) is 91.1 Å². The molecule has 272 valence electrons. The van der Waals surface area contributed by atoms with E-state index in [1.165, 1.54) is 4.90 Å². The predicted octanol–water partition coefficient (Wildman–Crippen LogP) is 4.17. The van der Waals surface area contributed by atoms with Crippen LogP contribution in [0.2, 0.25) is 0 Å². The molecule has 1 aromatic carbocycles. The molecule has 0 bridgehead atoms. The van der Waals surface area contributed by atoms with E-state index in [1.54, 1.807) is 48.5 Å². The third-order valence-electron chi connectivity index (χ3n) is 9.27. The molecule has 1 saturated carbocycles. The zero-order valence-electron chi connectivity index (χ0n) is 29.4. The van der Waals surface area contributed by atoms with Crippen LogP contribution in [0, 0.1) is 22.7 Å². The monoisotopic (exact) mass is 723 g/mol. The van der Waals surface area contributed by atoms with Gasteiger partial charge in [-0.05, 0) is 42.1 Å². The zero-order chi connectivity index (χ0) is 36.8. The summed E-state index contributed by atoms with van der Waals surface area (Å²) in [6.45, 7) is 12.3. The minimum absolute atomic E-state index is 0.00976. The fraction of sp³-hybridized carbons (Fsp3) is 0.657. The van der Waals surface area contributed by atoms with E-state index in [4.69, 9.17) is 33.7 Å². The summed E-state index contributed by atoms with van der Waals surface area (Å²) in [6.07, 6.45) is 2.52. The molecule has 1 aliphatic carbocycles. The van der Waals surface area contributed by atoms with Gasteiger partial charge in [-0.3, -0.25) is 19.2 Å². The zero-order valence-corrected chi connectivity index (χ0v) is 30.9. The van der Waals surface area contributed by atoms with E-state index < -0.39 is 87.4 Å². The summed E-state index contributed by atoms with van der Waals surface area (Å²) in [5.74, 6) is -4.25. The van der Waals surface area contributed by atoms with Gasteiger partial charge in [0.2, 0.25) is 17.6 Å². The van der Waals surface area contributed by atoms with Gasteiger partial charge >= 0.3 is 12.0 Å². The van der Waals surface area contributed by atoms with E-state index in [0.29, 0.717) is 0 Å². The molecule has 12 nitrogen and oxygen atoms in total. The van der Waals surface area contributed by atoms with Gasteiger partial charge in [0.25, 0.3) is 5.91 Å². The molecule has 1 aliphatic heterocycles. The maximum Gasteiger partial charge on any atom is 0.329 e. The predicted molar refractivity (Wildman–Crippen MR) is 186 cm³/mol. The molecule has 1 aromatic rings. The molecular formula is C35H51Cl2N5O7. The van der Waals surface area contributed by atoms with Crippen molar-refractivity contribution in [3.8, 4) is 0 Å². The van der Waals surface area contributed by atoms with Crippen LogP contribution in [0.3, 0.4) is 0 Å². The first kappa shape index (κ1) is 40.1. The lowest BCUT2D eigenvalue weighted by Crippen LogP contribution is -2.62. The van der Waals surface area contributed by atoms with Crippen LogP contribution in [0.5, 0.6) is 0 Å². The number of urea groups is 1. The quantitative estimate of drug-likeness (QED) is 0.134. The third kappa shape index (κ3) is 10.8. The number of esters is 1. The van der Waals surface area contributed by atoms with Crippen molar-refractivity contribution >= 4 is 58.7 Å². The highest BCUT2D eigenvalue weighted by Crippen LogP contribution is 2.34. The standard InChI is InChI=1S/C35H51Cl2N5O7/c1-19(21-14-9-8-10-15-21)49-32(47)27(35(5,6)7)41-33(48)40-26(34(2,3)4)31(46)42-18-22(28(36)37)17-24(42)30(45)39-23(25(43)29(38)44)16-20-12-11-13-20/h8-10,14-15,19-20,22-24,26-28H,11-13,16-18H2,1-7H3,(H2,38,44)(H,39,45)(H2,40,41,48)/t19-,22+,23?,24-,26+,27+/m0/s1. The number of nitrogens with zero attached hydrogens (tertiary/aromatic N) is 1. The third-order valence-corrected chi connectivity index (χ3v) is 9.99. The minimum atomic E-state index is -1.16. The van der Waals surface area contributed by atoms with Crippen LogP contribution in [0.1, 0.15) is 92.2 Å². The van der Waals surface area contributed by atoms with Crippen LogP contribution in [-0.2, 0) is 28.7 Å². The second kappa shape index (κ2) is 16.6. The second-order valence-corrected chi connectivity index (χ2v) is 16.5. The summed E-state index contributed by atoms with van der Waals surface area (Å²) in [6, 6.07) is 3.95. The Kier molecular flexibility index (Phi) is 13.5. The van der Waals surface area contributed by atoms with E-state index in [2.05, 4.69) is 16.0 Å². The highest BCUT2D eigenvalue weighted by Gasteiger charge is 2.47. The molecule has 2 fully saturated rings. The summed E-state index contributed by atoms with van der Waals surface area (Å²) < 4.78 is 5.72. The maximum absolute atomic E-state index is 14.3. The molecule has 1 heterocycles. The lowest BCUT2D eigenvalue weighted by Gasteiger charge is -2.37. The number of rotatable bonds is 13. The number of carbonyl (C=O) groups excluding carboxylic acids is 6. The van der Waals surface area contributed by atoms with Crippen LogP contribution in [-0.4, -0.2) is 76.0 Å². The summed E-state index contributed by atoms with van der Waals surface area (Å²) in [5.41, 5.74) is 4.46. The molecule has 5 N–H and O–H groups in total. The maximum atomic E-state index is 14.3. The number of benzene rings is 1. The number of amides is 5. The molecule has 49 heavy (non-hydrogen) atoms. The number of likely N-dealkylation sites (tertiary alicyclic amines) is 1. The second-order valence-electron chi connectivity index (χ2n) is 15.4. The molecule has 1 unspecified atom stereocenters. The molecule has 3 rings (SSSR count). The van der Waals surface area contributed by atoms with Gasteiger partial charge in [-0.2, -0.15) is 0 Å². The highest BCUT2D eigenvalue weighted by atomic mass is 35.5. The van der Waals surface area contributed by atoms with Gasteiger partial charge in [-0.25, -0.2) is 9.59 Å². The number of primary amides is 1. The van der Waals surface area contributed by atoms with Crippen LogP contribution in [0.15, 0.2) is 30.3 Å². The number of ether oxygens (including phenoxy) is 1. The normalized spacial score (nSPS) is 20.7. The number of nitrogens with two attached hydrogens (primary N) is 1. The highest BCUT2D eigenvalue weighted by molar-refractivity contribution is 6.44. The number of nitrogens with one attached hydrogen (secondary N) is 3. The topological polar surface area (TPSA) is 177 Å². The molecule has 0 spiro atoms. The lowest BCUT2D eigenvalue weighted by atomic mass is 9.80. The largest absolute Gasteiger partial charge is 0.456 e. The van der Waals surface area contributed by atoms with E-state index in [-0.39, 0.29) is 25.3 Å². The Balaban J connectivity index is 1.81. The first-order valence-electron chi connectivity index (χ1n) is 16.8. The number of hydrogen-bond acceptors (Lipinski definition) is 7. The van der Waals surface area contributed by atoms with Crippen molar-refractivity contribution < 1.29 is 33.5 Å². The van der Waals surface area contributed by atoms with Crippen molar-refractivity contribution in [2.24, 2.45) is 28.4 Å². The lowest BCUT2D eigenvalue weighted by molar-refractivity contribution is -0.153. The summed E-state index contributed by atoms with van der Waals surface area (Å²) in [4.78, 5) is 79.7. The fourth-order valence-electron chi connectivity index (χ4n) is 6.06. The number of ketones is 1. The number of hydrogen-bond donors (Lipinski definition) is 4. The van der Waals surface area contributed by atoms with Gasteiger partial charge < -0.3 is 31.3 Å². The smallest absolute Gasteiger partial charge is 0.329 e. The Morgan fingerprint density at radius 3 is 1.98 bits per heavy atom. The average molecular weight is 725 g/mol. The number of carbonyl (C=O) groups is 6. The SMILES string of the molecule is C[C@H](OC(=O)[C@@H](NC(=O)N[C@H](C(=O)N1C[C@H](C(Cl)Cl)C[C@H]1C(=O)NC(CC1CCC1)C(=O)C(N)=O)C(C)(C)C)C(C)(C)C)c1ccccc1. The Labute approximate surface area is 298 Å². The molecule has 14 heteroatoms. The minimum Gasteiger partial charge on any atom is -0.456 e. The Morgan fingerprint density at radius 1 is 0.918 bits per heavy atom. The van der Waals surface area contributed by atoms with Crippen molar-refractivity contribution in [3.63, 3.8) is 0 Å². The Hall–Kier alpha value is -3.38. The molecule has 1 saturated heterocycles. The van der Waals surface area contributed by atoms with Crippen molar-refractivity contribution in [1.82, 2.24) is 20.9 Å². The number of alkyl halides is 2. The summed E-state index contributed by atoms with van der Waals surface area (Å²) >= 11 is 12.5. The molecule has 6 atom stereocenters. The van der Waals surface area contributed by atoms with Crippen LogP contribution in [0.25, 0.3) is 0 Å². The van der Waals surface area contributed by atoms with Crippen molar-refractivity contribution in [1.29, 1.82) is 0 Å². The number of Topliss-reactive ketones (excluding diaryl/α,β-unsaturated/α-hetero) is 1. The van der Waals surface area contributed by atoms with Crippen molar-refractivity contribution in [2.45, 2.75) is 116 Å². The van der Waals surface area contributed by atoms with Gasteiger partial charge in [0.15, 0.2) is 0 Å². The molecular weight excluding hydrogens is 673 g/mol.